The fourth-order valence-corrected chi connectivity index (χ4v) is 3.85. The monoisotopic (exact) mass is 385 g/mol. The van der Waals surface area contributed by atoms with Crippen LogP contribution in [0, 0.1) is 0 Å². The third kappa shape index (κ3) is 18.0. The molecule has 0 amide bonds. The maximum Gasteiger partial charge on any atom is 0.350 e. The van der Waals surface area contributed by atoms with Crippen LogP contribution in [-0.4, -0.2) is 41.1 Å². The van der Waals surface area contributed by atoms with Crippen LogP contribution in [-0.2, 0) is 9.59 Å². The number of hydrogen-bond acceptors (Lipinski definition) is 4. The molecule has 152 valence electrons. The molecule has 0 aromatic heterocycles. The molecule has 0 atom stereocenters. The van der Waals surface area contributed by atoms with Gasteiger partial charge in [-0.1, -0.05) is 90.4 Å². The van der Waals surface area contributed by atoms with Gasteiger partial charge in [0, 0.05) is 5.75 Å². The van der Waals surface area contributed by atoms with E-state index in [1.54, 1.807) is 11.8 Å². The van der Waals surface area contributed by atoms with Gasteiger partial charge in [-0.2, -0.15) is 11.8 Å². The topological polar surface area (TPSA) is 66.7 Å². The van der Waals surface area contributed by atoms with E-state index in [0.29, 0.717) is 12.0 Å². The lowest BCUT2D eigenvalue weighted by molar-refractivity contribution is -0.129. The van der Waals surface area contributed by atoms with E-state index in [1.807, 2.05) is 0 Å². The first-order valence-electron chi connectivity index (χ1n) is 10.5. The largest absolute Gasteiger partial charge is 0.477 e. The van der Waals surface area contributed by atoms with E-state index in [4.69, 9.17) is 5.11 Å². The van der Waals surface area contributed by atoms with Gasteiger partial charge in [-0.3, -0.25) is 4.99 Å². The van der Waals surface area contributed by atoms with Crippen molar-refractivity contribution in [3.8, 4) is 0 Å². The van der Waals surface area contributed by atoms with Gasteiger partial charge in [0.2, 0.25) is 0 Å². The molecular formula is C21H39NO3S. The molecule has 0 aliphatic heterocycles. The first-order valence-corrected chi connectivity index (χ1v) is 11.7. The third-order valence-corrected chi connectivity index (χ3v) is 5.54. The fourth-order valence-electron chi connectivity index (χ4n) is 2.89. The zero-order valence-corrected chi connectivity index (χ0v) is 17.5. The van der Waals surface area contributed by atoms with E-state index in [0.717, 1.165) is 12.2 Å². The molecule has 0 bridgehead atoms. The van der Waals surface area contributed by atoms with E-state index >= 15 is 0 Å². The normalized spacial score (nSPS) is 11.7. The number of hydrogen-bond donors (Lipinski definition) is 1. The molecule has 0 unspecified atom stereocenters. The summed E-state index contributed by atoms with van der Waals surface area (Å²) in [6.07, 6.45) is 19.5. The van der Waals surface area contributed by atoms with Gasteiger partial charge in [0.1, 0.15) is 12.0 Å². The Morgan fingerprint density at radius 3 is 1.73 bits per heavy atom. The minimum atomic E-state index is -1.01. The second kappa shape index (κ2) is 20.5. The average molecular weight is 386 g/mol. The second-order valence-electron chi connectivity index (χ2n) is 6.91. The lowest BCUT2D eigenvalue weighted by atomic mass is 10.0. The molecule has 0 rings (SSSR count). The van der Waals surface area contributed by atoms with E-state index in [1.165, 1.54) is 83.5 Å². The average Bonchev–Trinajstić information content (AvgIpc) is 2.63. The Kier molecular flexibility index (Phi) is 19.8. The number of carboxylic acids is 1. The maximum absolute atomic E-state index is 10.9. The highest BCUT2D eigenvalue weighted by Crippen LogP contribution is 2.14. The van der Waals surface area contributed by atoms with Crippen LogP contribution in [0.5, 0.6) is 0 Å². The Labute approximate surface area is 164 Å². The number of rotatable bonds is 20. The molecule has 0 aliphatic rings. The highest BCUT2D eigenvalue weighted by molar-refractivity contribution is 8.00. The smallest absolute Gasteiger partial charge is 0.350 e. The van der Waals surface area contributed by atoms with Crippen LogP contribution in [0.15, 0.2) is 4.99 Å². The maximum atomic E-state index is 10.9. The Morgan fingerprint density at radius 1 is 0.846 bits per heavy atom. The van der Waals surface area contributed by atoms with Crippen molar-refractivity contribution in [2.45, 2.75) is 96.8 Å². The molecule has 0 fully saturated rings. The summed E-state index contributed by atoms with van der Waals surface area (Å²) in [5.41, 5.74) is 0.104. The lowest BCUT2D eigenvalue weighted by Crippen LogP contribution is -2.16. The van der Waals surface area contributed by atoms with E-state index < -0.39 is 5.97 Å². The van der Waals surface area contributed by atoms with Crippen molar-refractivity contribution >= 4 is 29.7 Å². The molecule has 0 radical (unpaired) electrons. The molecule has 1 N–H and O–H groups in total. The summed E-state index contributed by atoms with van der Waals surface area (Å²) in [6.45, 7) is 2.21. The molecule has 0 saturated carbocycles. The van der Waals surface area contributed by atoms with Crippen molar-refractivity contribution in [3.05, 3.63) is 0 Å². The van der Waals surface area contributed by atoms with Crippen LogP contribution in [0.1, 0.15) is 96.8 Å². The number of nitrogens with zero attached hydrogens (tertiary/aromatic N) is 1. The number of carbonyl (C=O) groups is 2. The molecule has 5 heteroatoms. The molecule has 4 nitrogen and oxygen atoms in total. The standard InChI is InChI=1S/C21H39NO3S/c1-2-3-4-5-6-7-8-9-10-11-12-13-14-15-18-26-19-20(21(24)25)22-16-17-23/h17H,2-16,18-19H2,1H3,(H,24,25). The van der Waals surface area contributed by atoms with Gasteiger partial charge in [-0.25, -0.2) is 4.79 Å². The quantitative estimate of drug-likeness (QED) is 0.160. The van der Waals surface area contributed by atoms with Crippen LogP contribution in [0.4, 0.5) is 0 Å². The molecule has 0 spiro atoms. The summed E-state index contributed by atoms with van der Waals surface area (Å²) >= 11 is 1.60. The van der Waals surface area contributed by atoms with Crippen molar-refractivity contribution in [2.24, 2.45) is 4.99 Å². The second-order valence-corrected chi connectivity index (χ2v) is 8.01. The van der Waals surface area contributed by atoms with Crippen LogP contribution in [0.3, 0.4) is 0 Å². The fraction of sp³-hybridized carbons (Fsp3) is 0.857. The molecule has 0 saturated heterocycles. The predicted octanol–water partition coefficient (Wildman–Crippen LogP) is 5.93. The highest BCUT2D eigenvalue weighted by atomic mass is 32.2. The van der Waals surface area contributed by atoms with Crippen LogP contribution in [0.25, 0.3) is 0 Å². The van der Waals surface area contributed by atoms with Gasteiger partial charge in [0.05, 0.1) is 6.54 Å². The van der Waals surface area contributed by atoms with Gasteiger partial charge in [0.15, 0.2) is 0 Å². The van der Waals surface area contributed by atoms with Crippen molar-refractivity contribution in [3.63, 3.8) is 0 Å². The van der Waals surface area contributed by atoms with Crippen LogP contribution in [0.2, 0.25) is 0 Å². The zero-order chi connectivity index (χ0) is 19.3. The van der Waals surface area contributed by atoms with Crippen molar-refractivity contribution < 1.29 is 14.7 Å². The van der Waals surface area contributed by atoms with E-state index in [-0.39, 0.29) is 12.3 Å². The molecule has 0 aromatic rings. The number of aliphatic carboxylic acids is 1. The van der Waals surface area contributed by atoms with Crippen molar-refractivity contribution in [1.82, 2.24) is 0 Å². The Morgan fingerprint density at radius 2 is 1.31 bits per heavy atom. The van der Waals surface area contributed by atoms with Gasteiger partial charge < -0.3 is 9.90 Å². The van der Waals surface area contributed by atoms with Gasteiger partial charge in [-0.15, -0.1) is 0 Å². The summed E-state index contributed by atoms with van der Waals surface area (Å²) < 4.78 is 0. The van der Waals surface area contributed by atoms with Gasteiger partial charge in [-0.05, 0) is 12.2 Å². The number of thioether (sulfide) groups is 1. The molecule has 26 heavy (non-hydrogen) atoms. The van der Waals surface area contributed by atoms with Crippen molar-refractivity contribution in [2.75, 3.05) is 18.1 Å². The summed E-state index contributed by atoms with van der Waals surface area (Å²) in [6, 6.07) is 0. The number of aliphatic imine (C=N–C) groups is 1. The molecule has 0 aromatic carbocycles. The molecule has 0 heterocycles. The Balaban J connectivity index is 3.28. The zero-order valence-electron chi connectivity index (χ0n) is 16.7. The minimum absolute atomic E-state index is 0.0545. The lowest BCUT2D eigenvalue weighted by Gasteiger charge is -2.04. The number of carboxylic acid groups (broad SMARTS) is 1. The SMILES string of the molecule is CCCCCCCCCCCCCCCCSCC(=NCC=O)C(=O)O. The van der Waals surface area contributed by atoms with E-state index in [9.17, 15) is 9.59 Å². The molecular weight excluding hydrogens is 346 g/mol. The minimum Gasteiger partial charge on any atom is -0.477 e. The summed E-state index contributed by atoms with van der Waals surface area (Å²) in [5.74, 6) is 0.341. The number of aldehydes is 1. The Hall–Kier alpha value is -0.840. The molecule has 0 aliphatic carbocycles. The summed E-state index contributed by atoms with van der Waals surface area (Å²) in [4.78, 5) is 25.0. The van der Waals surface area contributed by atoms with Crippen LogP contribution >= 0.6 is 11.8 Å². The number of carbonyl (C=O) groups excluding carboxylic acids is 1. The van der Waals surface area contributed by atoms with Crippen molar-refractivity contribution in [1.29, 1.82) is 0 Å². The van der Waals surface area contributed by atoms with E-state index in [2.05, 4.69) is 11.9 Å². The predicted molar refractivity (Wildman–Crippen MR) is 114 cm³/mol. The third-order valence-electron chi connectivity index (χ3n) is 4.48. The summed E-state index contributed by atoms with van der Waals surface area (Å²) in [7, 11) is 0. The van der Waals surface area contributed by atoms with Gasteiger partial charge in [0.25, 0.3) is 0 Å². The first kappa shape index (κ1) is 25.2. The van der Waals surface area contributed by atoms with Gasteiger partial charge >= 0.3 is 5.97 Å². The van der Waals surface area contributed by atoms with Crippen LogP contribution < -0.4 is 0 Å². The summed E-state index contributed by atoms with van der Waals surface area (Å²) in [5, 5.41) is 8.97. The number of unbranched alkanes of at least 4 members (excludes halogenated alkanes) is 13. The Bertz CT molecular complexity index is 372. The highest BCUT2D eigenvalue weighted by Gasteiger charge is 2.08. The first-order chi connectivity index (χ1) is 12.7.